The molecule has 3 N–H and O–H groups in total. The van der Waals surface area contributed by atoms with Crippen molar-refractivity contribution >= 4 is 11.6 Å². The van der Waals surface area contributed by atoms with Gasteiger partial charge < -0.3 is 15.8 Å². The number of amides is 1. The predicted molar refractivity (Wildman–Crippen MR) is 77.8 cm³/mol. The third-order valence-corrected chi connectivity index (χ3v) is 4.29. The first-order chi connectivity index (χ1) is 9.63. The molecule has 1 aromatic carbocycles. The number of benzene rings is 1. The van der Waals surface area contributed by atoms with Gasteiger partial charge >= 0.3 is 0 Å². The Balaban J connectivity index is 1.78. The number of anilines is 1. The third-order valence-electron chi connectivity index (χ3n) is 4.29. The average Bonchev–Trinajstić information content (AvgIpc) is 3.21. The average molecular weight is 275 g/mol. The number of carbonyl (C=O) groups excluding carboxylic acids is 1. The molecule has 1 unspecified atom stereocenters. The van der Waals surface area contributed by atoms with Crippen molar-refractivity contribution in [3.63, 3.8) is 0 Å². The molecule has 5 heteroatoms. The molecule has 2 aliphatic rings. The van der Waals surface area contributed by atoms with Crippen molar-refractivity contribution in [1.82, 2.24) is 4.90 Å². The van der Waals surface area contributed by atoms with Crippen LogP contribution in [0, 0.1) is 0 Å². The van der Waals surface area contributed by atoms with Crippen LogP contribution in [-0.2, 0) is 4.79 Å². The smallest absolute Gasteiger partial charge is 0.244 e. The molecule has 0 bridgehead atoms. The van der Waals surface area contributed by atoms with Crippen LogP contribution in [0.4, 0.5) is 5.69 Å². The highest BCUT2D eigenvalue weighted by atomic mass is 16.5. The molecule has 2 fully saturated rings. The lowest BCUT2D eigenvalue weighted by Gasteiger charge is -2.28. The number of hydrogen-bond acceptors (Lipinski definition) is 4. The Morgan fingerprint density at radius 2 is 2.30 bits per heavy atom. The van der Waals surface area contributed by atoms with E-state index < -0.39 is 5.54 Å². The molecular weight excluding hydrogens is 254 g/mol. The fourth-order valence-corrected chi connectivity index (χ4v) is 2.93. The number of likely N-dealkylation sites (tertiary alicyclic amines) is 1. The highest BCUT2D eigenvalue weighted by Crippen LogP contribution is 2.35. The lowest BCUT2D eigenvalue weighted by atomic mass is 9.97. The van der Waals surface area contributed by atoms with Crippen LogP contribution in [0.1, 0.15) is 19.3 Å². The van der Waals surface area contributed by atoms with Gasteiger partial charge in [0.25, 0.3) is 0 Å². The maximum atomic E-state index is 12.0. The van der Waals surface area contributed by atoms with Gasteiger partial charge in [-0.2, -0.15) is 0 Å². The summed E-state index contributed by atoms with van der Waals surface area (Å²) in [6.07, 6.45) is 3.25. The van der Waals surface area contributed by atoms with Gasteiger partial charge in [0.1, 0.15) is 11.3 Å². The summed E-state index contributed by atoms with van der Waals surface area (Å²) in [5, 5.41) is 3.34. The third kappa shape index (κ3) is 2.45. The van der Waals surface area contributed by atoms with Crippen molar-refractivity contribution in [2.45, 2.75) is 30.8 Å². The van der Waals surface area contributed by atoms with E-state index in [4.69, 9.17) is 10.5 Å². The molecule has 20 heavy (non-hydrogen) atoms. The van der Waals surface area contributed by atoms with E-state index in [9.17, 15) is 4.79 Å². The van der Waals surface area contributed by atoms with Gasteiger partial charge in [-0.25, -0.2) is 0 Å². The van der Waals surface area contributed by atoms with Crippen LogP contribution in [0.15, 0.2) is 24.3 Å². The molecule has 1 amide bonds. The summed E-state index contributed by atoms with van der Waals surface area (Å²) in [6, 6.07) is 8.28. The zero-order valence-electron chi connectivity index (χ0n) is 11.8. The number of methoxy groups -OCH3 is 1. The fourth-order valence-electron chi connectivity index (χ4n) is 2.93. The Morgan fingerprint density at radius 3 is 2.95 bits per heavy atom. The van der Waals surface area contributed by atoms with Gasteiger partial charge in [0.05, 0.1) is 7.11 Å². The van der Waals surface area contributed by atoms with Crippen molar-refractivity contribution in [1.29, 1.82) is 0 Å². The minimum absolute atomic E-state index is 0.275. The minimum Gasteiger partial charge on any atom is -0.497 e. The summed E-state index contributed by atoms with van der Waals surface area (Å²) in [5.41, 5.74) is 5.89. The van der Waals surface area contributed by atoms with Gasteiger partial charge in [-0.1, -0.05) is 6.07 Å². The SMILES string of the molecule is COc1cccc(NC2(C(N)=O)CCN(C3CC3)C2)c1. The second-order valence-electron chi connectivity index (χ2n) is 5.75. The van der Waals surface area contributed by atoms with Gasteiger partial charge in [-0.05, 0) is 31.4 Å². The van der Waals surface area contributed by atoms with E-state index in [-0.39, 0.29) is 5.91 Å². The van der Waals surface area contributed by atoms with Crippen LogP contribution in [-0.4, -0.2) is 42.6 Å². The van der Waals surface area contributed by atoms with Gasteiger partial charge in [0, 0.05) is 30.9 Å². The molecular formula is C15H21N3O2. The molecule has 108 valence electrons. The van der Waals surface area contributed by atoms with Crippen LogP contribution < -0.4 is 15.8 Å². The molecule has 1 saturated heterocycles. The summed E-state index contributed by atoms with van der Waals surface area (Å²) in [5.74, 6) is 0.495. The number of nitrogens with two attached hydrogens (primary N) is 1. The number of hydrogen-bond donors (Lipinski definition) is 2. The lowest BCUT2D eigenvalue weighted by molar-refractivity contribution is -0.121. The molecule has 1 aliphatic heterocycles. The second kappa shape index (κ2) is 4.98. The second-order valence-corrected chi connectivity index (χ2v) is 5.75. The Kier molecular flexibility index (Phi) is 3.30. The number of nitrogens with zero attached hydrogens (tertiary/aromatic N) is 1. The highest BCUT2D eigenvalue weighted by molar-refractivity contribution is 5.89. The molecule has 1 aliphatic carbocycles. The minimum atomic E-state index is -0.658. The number of carbonyl (C=O) groups is 1. The van der Waals surface area contributed by atoms with E-state index in [1.807, 2.05) is 24.3 Å². The van der Waals surface area contributed by atoms with Gasteiger partial charge in [-0.15, -0.1) is 0 Å². The van der Waals surface area contributed by atoms with Crippen molar-refractivity contribution in [3.8, 4) is 5.75 Å². The van der Waals surface area contributed by atoms with Crippen molar-refractivity contribution in [2.24, 2.45) is 5.73 Å². The number of primary amides is 1. The van der Waals surface area contributed by atoms with Crippen LogP contribution >= 0.6 is 0 Å². The first kappa shape index (κ1) is 13.2. The normalized spacial score (nSPS) is 26.4. The molecule has 5 nitrogen and oxygen atoms in total. The van der Waals surface area contributed by atoms with E-state index in [1.54, 1.807) is 7.11 Å². The van der Waals surface area contributed by atoms with Crippen molar-refractivity contribution in [3.05, 3.63) is 24.3 Å². The van der Waals surface area contributed by atoms with Crippen LogP contribution in [0.25, 0.3) is 0 Å². The van der Waals surface area contributed by atoms with Crippen molar-refractivity contribution in [2.75, 3.05) is 25.5 Å². The van der Waals surface area contributed by atoms with E-state index in [2.05, 4.69) is 10.2 Å². The van der Waals surface area contributed by atoms with E-state index in [0.29, 0.717) is 12.6 Å². The van der Waals surface area contributed by atoms with Crippen molar-refractivity contribution < 1.29 is 9.53 Å². The number of nitrogens with one attached hydrogen (secondary N) is 1. The summed E-state index contributed by atoms with van der Waals surface area (Å²) in [6.45, 7) is 1.63. The molecule has 1 atom stereocenters. The van der Waals surface area contributed by atoms with Gasteiger partial charge in [0.15, 0.2) is 0 Å². The standard InChI is InChI=1S/C15H21N3O2/c1-20-13-4-2-3-11(9-13)17-15(14(16)19)7-8-18(10-15)12-5-6-12/h2-4,9,12,17H,5-8,10H2,1H3,(H2,16,19). The number of ether oxygens (including phenoxy) is 1. The Hall–Kier alpha value is -1.75. The zero-order chi connectivity index (χ0) is 14.2. The molecule has 0 aromatic heterocycles. The summed E-state index contributed by atoms with van der Waals surface area (Å²) < 4.78 is 5.22. The summed E-state index contributed by atoms with van der Waals surface area (Å²) in [7, 11) is 1.63. The Labute approximate surface area is 119 Å². The quantitative estimate of drug-likeness (QED) is 0.847. The zero-order valence-corrected chi connectivity index (χ0v) is 11.8. The summed E-state index contributed by atoms with van der Waals surface area (Å²) in [4.78, 5) is 14.3. The molecule has 0 radical (unpaired) electrons. The Morgan fingerprint density at radius 1 is 1.50 bits per heavy atom. The molecule has 1 saturated carbocycles. The summed E-state index contributed by atoms with van der Waals surface area (Å²) >= 11 is 0. The van der Waals surface area contributed by atoms with E-state index >= 15 is 0 Å². The topological polar surface area (TPSA) is 67.6 Å². The lowest BCUT2D eigenvalue weighted by Crippen LogP contribution is -2.52. The van der Waals surface area contributed by atoms with E-state index in [1.165, 1.54) is 12.8 Å². The maximum absolute atomic E-state index is 12.0. The van der Waals surface area contributed by atoms with E-state index in [0.717, 1.165) is 24.4 Å². The van der Waals surface area contributed by atoms with Gasteiger partial charge in [0.2, 0.25) is 5.91 Å². The van der Waals surface area contributed by atoms with Gasteiger partial charge in [-0.3, -0.25) is 9.69 Å². The molecule has 0 spiro atoms. The van der Waals surface area contributed by atoms with Crippen LogP contribution in [0.2, 0.25) is 0 Å². The van der Waals surface area contributed by atoms with Crippen LogP contribution in [0.3, 0.4) is 0 Å². The fraction of sp³-hybridized carbons (Fsp3) is 0.533. The first-order valence-electron chi connectivity index (χ1n) is 7.09. The maximum Gasteiger partial charge on any atom is 0.244 e. The molecule has 1 aromatic rings. The number of rotatable bonds is 5. The van der Waals surface area contributed by atoms with Crippen LogP contribution in [0.5, 0.6) is 5.75 Å². The highest BCUT2D eigenvalue weighted by Gasteiger charge is 2.47. The predicted octanol–water partition coefficient (Wildman–Crippen LogP) is 1.20. The molecule has 3 rings (SSSR count). The Bertz CT molecular complexity index is 516. The largest absolute Gasteiger partial charge is 0.497 e. The first-order valence-corrected chi connectivity index (χ1v) is 7.09. The molecule has 1 heterocycles. The monoisotopic (exact) mass is 275 g/mol.